The number of pyridine rings is 1. The van der Waals surface area contributed by atoms with Crippen molar-refractivity contribution in [3.63, 3.8) is 0 Å². The Morgan fingerprint density at radius 1 is 0.825 bits per heavy atom. The predicted octanol–water partition coefficient (Wildman–Crippen LogP) is 6.20. The number of nitrogens with one attached hydrogen (secondary N) is 1. The zero-order valence-electron chi connectivity index (χ0n) is 22.6. The van der Waals surface area contributed by atoms with Crippen LogP contribution < -0.4 is 19.5 Å². The molecule has 8 heteroatoms. The molecule has 40 heavy (non-hydrogen) atoms. The minimum absolute atomic E-state index is 0.414. The Bertz CT molecular complexity index is 1560. The van der Waals surface area contributed by atoms with Gasteiger partial charge in [-0.3, -0.25) is 4.90 Å². The largest absolute Gasteiger partial charge is 0.496 e. The van der Waals surface area contributed by atoms with Crippen molar-refractivity contribution in [1.82, 2.24) is 19.5 Å². The summed E-state index contributed by atoms with van der Waals surface area (Å²) in [6.07, 6.45) is 2.59. The van der Waals surface area contributed by atoms with E-state index in [0.29, 0.717) is 19.2 Å². The molecule has 1 saturated heterocycles. The third-order valence-electron chi connectivity index (χ3n) is 7.06. The summed E-state index contributed by atoms with van der Waals surface area (Å²) in [5.41, 5.74) is 4.54. The van der Waals surface area contributed by atoms with Crippen LogP contribution >= 0.6 is 0 Å². The fraction of sp³-hybridized carbons (Fsp3) is 0.250. The van der Waals surface area contributed by atoms with Crippen LogP contribution in [0, 0.1) is 0 Å². The van der Waals surface area contributed by atoms with Crippen LogP contribution in [0.4, 0.5) is 11.6 Å². The summed E-state index contributed by atoms with van der Waals surface area (Å²) in [4.78, 5) is 7.14. The highest BCUT2D eigenvalue weighted by molar-refractivity contribution is 5.66. The lowest BCUT2D eigenvalue weighted by Crippen LogP contribution is -2.25. The van der Waals surface area contributed by atoms with Gasteiger partial charge in [0.2, 0.25) is 5.95 Å². The molecule has 5 aromatic rings. The lowest BCUT2D eigenvalue weighted by atomic mass is 10.1. The molecule has 0 radical (unpaired) electrons. The molecule has 6 rings (SSSR count). The highest BCUT2D eigenvalue weighted by Gasteiger charge is 2.12. The number of aromatic nitrogens is 3. The molecule has 3 aromatic carbocycles. The maximum atomic E-state index is 6.10. The summed E-state index contributed by atoms with van der Waals surface area (Å²) >= 11 is 0. The minimum Gasteiger partial charge on any atom is -0.496 e. The molecule has 1 aliphatic heterocycles. The van der Waals surface area contributed by atoms with Gasteiger partial charge >= 0.3 is 0 Å². The Morgan fingerprint density at radius 2 is 1.65 bits per heavy atom. The van der Waals surface area contributed by atoms with E-state index in [1.807, 2.05) is 95.5 Å². The molecule has 1 fully saturated rings. The van der Waals surface area contributed by atoms with Crippen LogP contribution in [-0.2, 0) is 6.61 Å². The van der Waals surface area contributed by atoms with E-state index < -0.39 is 0 Å². The van der Waals surface area contributed by atoms with E-state index >= 15 is 0 Å². The second-order valence-corrected chi connectivity index (χ2v) is 9.79. The van der Waals surface area contributed by atoms with Gasteiger partial charge in [-0.05, 0) is 80.5 Å². The average Bonchev–Trinajstić information content (AvgIpc) is 3.67. The quantitative estimate of drug-likeness (QED) is 0.216. The monoisotopic (exact) mass is 535 g/mol. The summed E-state index contributed by atoms with van der Waals surface area (Å²) in [7, 11) is 1.67. The van der Waals surface area contributed by atoms with E-state index in [9.17, 15) is 0 Å². The molecule has 3 heterocycles. The molecule has 1 N–H and O–H groups in total. The van der Waals surface area contributed by atoms with Crippen molar-refractivity contribution in [2.45, 2.75) is 19.4 Å². The molecule has 0 saturated carbocycles. The minimum atomic E-state index is 0.414. The van der Waals surface area contributed by atoms with E-state index in [1.54, 1.807) is 7.11 Å². The smallest absolute Gasteiger partial charge is 0.247 e. The van der Waals surface area contributed by atoms with Gasteiger partial charge in [-0.25, -0.2) is 4.52 Å². The van der Waals surface area contributed by atoms with E-state index in [2.05, 4.69) is 15.2 Å². The molecular weight excluding hydrogens is 502 g/mol. The fourth-order valence-electron chi connectivity index (χ4n) is 4.97. The van der Waals surface area contributed by atoms with E-state index in [1.165, 1.54) is 25.9 Å². The van der Waals surface area contributed by atoms with Crippen molar-refractivity contribution in [1.29, 1.82) is 0 Å². The number of hydrogen-bond acceptors (Lipinski definition) is 7. The van der Waals surface area contributed by atoms with Crippen molar-refractivity contribution < 1.29 is 14.2 Å². The molecule has 0 atom stereocenters. The second kappa shape index (κ2) is 12.1. The van der Waals surface area contributed by atoms with E-state index in [4.69, 9.17) is 19.3 Å². The number of methoxy groups -OCH3 is 1. The number of fused-ring (bicyclic) bond motifs is 1. The standard InChI is InChI=1S/C32H33N5O3/c1-38-30-12-3-2-8-25(30)23-40-28-10-6-9-24(22-28)29-11-7-13-31-34-32(35-37(29)31)33-26-14-16-27(17-15-26)39-21-20-36-18-4-5-19-36/h2-3,6-17,22H,4-5,18-21,23H2,1H3,(H,33,35). The zero-order valence-corrected chi connectivity index (χ0v) is 22.6. The number of anilines is 2. The molecular formula is C32H33N5O3. The molecule has 0 aliphatic carbocycles. The van der Waals surface area contributed by atoms with Crippen LogP contribution in [0.3, 0.4) is 0 Å². The Balaban J connectivity index is 1.13. The van der Waals surface area contributed by atoms with Gasteiger partial charge in [0.05, 0.1) is 12.8 Å². The first-order valence-corrected chi connectivity index (χ1v) is 13.7. The van der Waals surface area contributed by atoms with Gasteiger partial charge in [-0.2, -0.15) is 4.98 Å². The number of ether oxygens (including phenoxy) is 3. The topological polar surface area (TPSA) is 73.2 Å². The molecule has 0 spiro atoms. The van der Waals surface area contributed by atoms with Gasteiger partial charge in [-0.15, -0.1) is 5.10 Å². The van der Waals surface area contributed by atoms with Gasteiger partial charge < -0.3 is 19.5 Å². The van der Waals surface area contributed by atoms with Crippen LogP contribution in [-0.4, -0.2) is 52.8 Å². The zero-order chi connectivity index (χ0) is 27.1. The fourth-order valence-corrected chi connectivity index (χ4v) is 4.97. The molecule has 1 aliphatic rings. The molecule has 0 unspecified atom stereocenters. The Morgan fingerprint density at radius 3 is 2.50 bits per heavy atom. The summed E-state index contributed by atoms with van der Waals surface area (Å²) in [5, 5.41) is 8.06. The number of para-hydroxylation sites is 1. The summed E-state index contributed by atoms with van der Waals surface area (Å²) < 4.78 is 19.3. The van der Waals surface area contributed by atoms with Gasteiger partial charge in [0.25, 0.3) is 0 Å². The highest BCUT2D eigenvalue weighted by Crippen LogP contribution is 2.27. The first-order valence-electron chi connectivity index (χ1n) is 13.7. The van der Waals surface area contributed by atoms with E-state index in [0.717, 1.165) is 51.9 Å². The Kier molecular flexibility index (Phi) is 7.77. The summed E-state index contributed by atoms with van der Waals surface area (Å²) in [5.74, 6) is 2.97. The van der Waals surface area contributed by atoms with Crippen molar-refractivity contribution in [2.24, 2.45) is 0 Å². The van der Waals surface area contributed by atoms with Crippen molar-refractivity contribution in [2.75, 3.05) is 38.7 Å². The highest BCUT2D eigenvalue weighted by atomic mass is 16.5. The number of benzene rings is 3. The van der Waals surface area contributed by atoms with Gasteiger partial charge in [-0.1, -0.05) is 36.4 Å². The Hall–Kier alpha value is -4.56. The van der Waals surface area contributed by atoms with Crippen LogP contribution in [0.25, 0.3) is 16.9 Å². The van der Waals surface area contributed by atoms with Crippen molar-refractivity contribution in [3.8, 4) is 28.5 Å². The maximum absolute atomic E-state index is 6.10. The van der Waals surface area contributed by atoms with Crippen molar-refractivity contribution in [3.05, 3.63) is 96.6 Å². The van der Waals surface area contributed by atoms with E-state index in [-0.39, 0.29) is 0 Å². The molecule has 204 valence electrons. The average molecular weight is 536 g/mol. The lowest BCUT2D eigenvalue weighted by Gasteiger charge is -2.15. The summed E-state index contributed by atoms with van der Waals surface area (Å²) in [6, 6.07) is 29.7. The van der Waals surface area contributed by atoms with Crippen LogP contribution in [0.1, 0.15) is 18.4 Å². The third kappa shape index (κ3) is 6.02. The van der Waals surface area contributed by atoms with Gasteiger partial charge in [0.15, 0.2) is 5.65 Å². The lowest BCUT2D eigenvalue weighted by molar-refractivity contribution is 0.238. The molecule has 0 bridgehead atoms. The van der Waals surface area contributed by atoms with Gasteiger partial charge in [0, 0.05) is 23.4 Å². The van der Waals surface area contributed by atoms with Crippen molar-refractivity contribution >= 4 is 17.3 Å². The second-order valence-electron chi connectivity index (χ2n) is 9.79. The number of hydrogen-bond donors (Lipinski definition) is 1. The normalized spacial score (nSPS) is 13.4. The third-order valence-corrected chi connectivity index (χ3v) is 7.06. The first-order chi connectivity index (χ1) is 19.7. The van der Waals surface area contributed by atoms with Gasteiger partial charge in [0.1, 0.15) is 30.5 Å². The van der Waals surface area contributed by atoms with Crippen LogP contribution in [0.15, 0.2) is 91.0 Å². The molecule has 0 amide bonds. The number of nitrogens with zero attached hydrogens (tertiary/aromatic N) is 4. The van der Waals surface area contributed by atoms with Crippen LogP contribution in [0.2, 0.25) is 0 Å². The SMILES string of the molecule is COc1ccccc1COc1cccc(-c2cccc3nc(Nc4ccc(OCCN5CCCC5)cc4)nn23)c1. The Labute approximate surface area is 234 Å². The maximum Gasteiger partial charge on any atom is 0.247 e. The molecule has 8 nitrogen and oxygen atoms in total. The molecule has 2 aromatic heterocycles. The number of likely N-dealkylation sites (tertiary alicyclic amines) is 1. The van der Waals surface area contributed by atoms with Crippen LogP contribution in [0.5, 0.6) is 17.2 Å². The predicted molar refractivity (Wildman–Crippen MR) is 157 cm³/mol. The first kappa shape index (κ1) is 25.7. The number of rotatable bonds is 11. The summed E-state index contributed by atoms with van der Waals surface area (Å²) in [6.45, 7) is 4.46.